The molecule has 6 aromatic rings. The van der Waals surface area contributed by atoms with Crippen LogP contribution in [0.25, 0.3) is 33.1 Å². The summed E-state index contributed by atoms with van der Waals surface area (Å²) in [5, 5.41) is 2.40. The number of hydrogen-bond donors (Lipinski definition) is 0. The van der Waals surface area contributed by atoms with Gasteiger partial charge in [0, 0.05) is 44.1 Å². The van der Waals surface area contributed by atoms with Crippen LogP contribution in [-0.4, -0.2) is 12.4 Å². The van der Waals surface area contributed by atoms with Crippen molar-refractivity contribution < 1.29 is 4.42 Å². The average Bonchev–Trinajstić information content (AvgIpc) is 3.56. The van der Waals surface area contributed by atoms with E-state index in [1.54, 1.807) is 5.56 Å². The first kappa shape index (κ1) is 28.4. The van der Waals surface area contributed by atoms with E-state index in [0.717, 1.165) is 11.2 Å². The van der Waals surface area contributed by atoms with Gasteiger partial charge in [-0.05, 0) is 88.2 Å². The van der Waals surface area contributed by atoms with E-state index in [2.05, 4.69) is 143 Å². The van der Waals surface area contributed by atoms with Crippen molar-refractivity contribution in [1.82, 2.24) is 0 Å². The number of hydrogen-bond acceptors (Lipinski definition) is 3. The molecule has 4 heteroatoms. The highest BCUT2D eigenvalue weighted by Crippen LogP contribution is 2.65. The topological polar surface area (TPSA) is 19.6 Å². The first-order valence-electron chi connectivity index (χ1n) is 18.4. The number of benzene rings is 5. The smallest absolute Gasteiger partial charge is 0.329 e. The lowest BCUT2D eigenvalue weighted by Crippen LogP contribution is -2.71. The van der Waals surface area contributed by atoms with Crippen molar-refractivity contribution in [3.63, 3.8) is 0 Å². The summed E-state index contributed by atoms with van der Waals surface area (Å²) in [6.07, 6.45) is 4.98. The van der Waals surface area contributed by atoms with Gasteiger partial charge in [0.1, 0.15) is 5.58 Å². The number of para-hydroxylation sites is 3. The van der Waals surface area contributed by atoms with Crippen LogP contribution in [0.5, 0.6) is 0 Å². The molecule has 2 atom stereocenters. The molecule has 0 radical (unpaired) electrons. The second-order valence-corrected chi connectivity index (χ2v) is 17.6. The van der Waals surface area contributed by atoms with E-state index >= 15 is 0 Å². The van der Waals surface area contributed by atoms with Crippen molar-refractivity contribution in [3.8, 4) is 11.1 Å². The van der Waals surface area contributed by atoms with E-state index in [4.69, 9.17) is 4.42 Å². The third-order valence-corrected chi connectivity index (χ3v) is 13.9. The Kier molecular flexibility index (Phi) is 5.01. The molecule has 5 aromatic carbocycles. The molecule has 1 aliphatic carbocycles. The molecule has 5 aliphatic rings. The zero-order valence-electron chi connectivity index (χ0n) is 29.8. The maximum absolute atomic E-state index is 7.04. The zero-order chi connectivity index (χ0) is 33.4. The maximum atomic E-state index is 7.04. The highest BCUT2D eigenvalue weighted by molar-refractivity contribution is 6.93. The molecular formula is C45H43BN2O. The predicted octanol–water partition coefficient (Wildman–Crippen LogP) is 10.5. The molecule has 1 saturated carbocycles. The van der Waals surface area contributed by atoms with Gasteiger partial charge in [-0.1, -0.05) is 115 Å². The van der Waals surface area contributed by atoms with Crippen molar-refractivity contribution in [1.29, 1.82) is 0 Å². The summed E-state index contributed by atoms with van der Waals surface area (Å²) in [4.78, 5) is 5.56. The number of anilines is 4. The molecule has 11 rings (SSSR count). The fraction of sp³-hybridized carbons (Fsp3) is 0.333. The molecule has 0 N–H and O–H groups in total. The Hall–Kier alpha value is -4.44. The Labute approximate surface area is 290 Å². The fourth-order valence-electron chi connectivity index (χ4n) is 11.2. The van der Waals surface area contributed by atoms with Gasteiger partial charge in [0.2, 0.25) is 0 Å². The van der Waals surface area contributed by atoms with Crippen LogP contribution in [0.1, 0.15) is 96.4 Å². The van der Waals surface area contributed by atoms with Crippen molar-refractivity contribution in [3.05, 3.63) is 107 Å². The molecule has 0 bridgehead atoms. The Bertz CT molecular complexity index is 2480. The number of nitrogens with zero attached hydrogens (tertiary/aromatic N) is 2. The van der Waals surface area contributed by atoms with E-state index in [9.17, 15) is 0 Å². The van der Waals surface area contributed by atoms with E-state index in [1.165, 1.54) is 97.9 Å². The van der Waals surface area contributed by atoms with Gasteiger partial charge in [-0.25, -0.2) is 0 Å². The van der Waals surface area contributed by atoms with Gasteiger partial charge in [0.25, 0.3) is 0 Å². The molecule has 49 heavy (non-hydrogen) atoms. The molecule has 242 valence electrons. The van der Waals surface area contributed by atoms with Crippen molar-refractivity contribution in [2.45, 2.75) is 95.9 Å². The van der Waals surface area contributed by atoms with Crippen molar-refractivity contribution in [2.75, 3.05) is 9.71 Å². The Morgan fingerprint density at radius 1 is 0.694 bits per heavy atom. The lowest BCUT2D eigenvalue weighted by atomic mass is 9.41. The van der Waals surface area contributed by atoms with Crippen LogP contribution in [0.2, 0.25) is 0 Å². The minimum atomic E-state index is -0.145. The van der Waals surface area contributed by atoms with Gasteiger partial charge in [-0.2, -0.15) is 0 Å². The summed E-state index contributed by atoms with van der Waals surface area (Å²) in [6.45, 7) is 17.3. The molecular weight excluding hydrogens is 595 g/mol. The molecule has 3 nitrogen and oxygen atoms in total. The molecule has 0 saturated heterocycles. The van der Waals surface area contributed by atoms with Gasteiger partial charge in [0.05, 0.1) is 11.4 Å². The van der Waals surface area contributed by atoms with Crippen LogP contribution < -0.4 is 20.6 Å². The van der Waals surface area contributed by atoms with Gasteiger partial charge in [-0.3, -0.25) is 0 Å². The minimum Gasteiger partial charge on any atom is -0.454 e. The van der Waals surface area contributed by atoms with Crippen LogP contribution in [0.4, 0.5) is 22.7 Å². The number of rotatable bonds is 0. The quantitative estimate of drug-likeness (QED) is 0.154. The third kappa shape index (κ3) is 3.11. The third-order valence-electron chi connectivity index (χ3n) is 13.9. The molecule has 0 amide bonds. The molecule has 0 spiro atoms. The maximum Gasteiger partial charge on any atom is 0.329 e. The fourth-order valence-corrected chi connectivity index (χ4v) is 11.2. The van der Waals surface area contributed by atoms with Gasteiger partial charge < -0.3 is 14.1 Å². The molecule has 1 aromatic heterocycles. The lowest BCUT2D eigenvalue weighted by Gasteiger charge is -2.56. The molecule has 4 aliphatic heterocycles. The van der Waals surface area contributed by atoms with Gasteiger partial charge >= 0.3 is 6.85 Å². The van der Waals surface area contributed by atoms with E-state index in [1.807, 2.05) is 0 Å². The monoisotopic (exact) mass is 638 g/mol. The zero-order valence-corrected chi connectivity index (χ0v) is 29.8. The normalized spacial score (nSPS) is 23.7. The highest BCUT2D eigenvalue weighted by Gasteiger charge is 2.63. The standard InChI is InChI=1S/C45H43BN2O/c1-42(2,3)26-23-29-28-25-30-27-15-8-11-20-36(27)49-41(30)40-37(28)46(48-38(29)33(24-26)44(6)21-12-13-22-45(44,48)7)34-18-14-17-32-39(34)47(40)35-19-10-9-16-31(35)43(32,4)5/h8-11,14-20,23-25H,12-13,21-22H2,1-7H3. The van der Waals surface area contributed by atoms with Crippen molar-refractivity contribution >= 4 is 62.5 Å². The van der Waals surface area contributed by atoms with Crippen molar-refractivity contribution in [2.24, 2.45) is 0 Å². The van der Waals surface area contributed by atoms with Crippen LogP contribution in [-0.2, 0) is 16.2 Å². The Balaban J connectivity index is 1.38. The summed E-state index contributed by atoms with van der Waals surface area (Å²) in [5.74, 6) is 0. The van der Waals surface area contributed by atoms with Crippen LogP contribution in [0, 0.1) is 0 Å². The second-order valence-electron chi connectivity index (χ2n) is 17.6. The highest BCUT2D eigenvalue weighted by atomic mass is 16.3. The van der Waals surface area contributed by atoms with E-state index in [0.29, 0.717) is 0 Å². The first-order valence-corrected chi connectivity index (χ1v) is 18.4. The van der Waals surface area contributed by atoms with E-state index in [-0.39, 0.29) is 28.6 Å². The Morgan fingerprint density at radius 3 is 2.29 bits per heavy atom. The number of fused-ring (bicyclic) bond motifs is 13. The van der Waals surface area contributed by atoms with E-state index < -0.39 is 0 Å². The molecule has 1 fully saturated rings. The van der Waals surface area contributed by atoms with Crippen LogP contribution >= 0.6 is 0 Å². The summed E-state index contributed by atoms with van der Waals surface area (Å²) in [6, 6.07) is 32.6. The lowest BCUT2D eigenvalue weighted by molar-refractivity contribution is 0.199. The summed E-state index contributed by atoms with van der Waals surface area (Å²) in [7, 11) is 0. The predicted molar refractivity (Wildman–Crippen MR) is 206 cm³/mol. The minimum absolute atomic E-state index is 0.0196. The average molecular weight is 639 g/mol. The second kappa shape index (κ2) is 8.64. The summed E-state index contributed by atoms with van der Waals surface area (Å²) < 4.78 is 7.04. The summed E-state index contributed by atoms with van der Waals surface area (Å²) >= 11 is 0. The largest absolute Gasteiger partial charge is 0.454 e. The van der Waals surface area contributed by atoms with Gasteiger partial charge in [-0.15, -0.1) is 0 Å². The molecule has 2 unspecified atom stereocenters. The molecule has 5 heterocycles. The SMILES string of the molecule is CC(C)(C)c1cc2c3c(c1)C1(C)CCCCC1(C)N3B1c3cccc4c3N(c3ccccc3C4(C)C)c3c1c-2cc1c3oc2ccccc21. The summed E-state index contributed by atoms with van der Waals surface area (Å²) in [5.41, 5.74) is 18.6. The van der Waals surface area contributed by atoms with Gasteiger partial charge in [0.15, 0.2) is 5.58 Å². The first-order chi connectivity index (χ1) is 23.4. The Morgan fingerprint density at radius 2 is 1.45 bits per heavy atom. The number of furan rings is 1. The van der Waals surface area contributed by atoms with Crippen LogP contribution in [0.15, 0.2) is 89.3 Å². The van der Waals surface area contributed by atoms with Crippen LogP contribution in [0.3, 0.4) is 0 Å².